The lowest BCUT2D eigenvalue weighted by molar-refractivity contribution is 0.0616. The van der Waals surface area contributed by atoms with Crippen molar-refractivity contribution in [3.05, 3.63) is 90.6 Å². The first-order chi connectivity index (χ1) is 10.7. The second kappa shape index (κ2) is 6.71. The Morgan fingerprint density at radius 1 is 0.955 bits per heavy atom. The second-order valence-corrected chi connectivity index (χ2v) is 7.51. The Balaban J connectivity index is 2.25. The molecule has 0 aliphatic rings. The van der Waals surface area contributed by atoms with E-state index in [2.05, 4.69) is 64.4 Å². The van der Waals surface area contributed by atoms with E-state index < -0.39 is 5.60 Å². The van der Waals surface area contributed by atoms with E-state index in [0.29, 0.717) is 0 Å². The predicted molar refractivity (Wildman–Crippen MR) is 102 cm³/mol. The SMILES string of the molecule is COC(c1ccc(Cl)cc1)(c1ccc(I)cc1)c1cccs1. The summed E-state index contributed by atoms with van der Waals surface area (Å²) in [7, 11) is 1.76. The lowest BCUT2D eigenvalue weighted by Crippen LogP contribution is -2.30. The fraction of sp³-hybridized carbons (Fsp3) is 0.111. The summed E-state index contributed by atoms with van der Waals surface area (Å²) >= 11 is 10.1. The quantitative estimate of drug-likeness (QED) is 0.456. The number of halogens is 2. The highest BCUT2D eigenvalue weighted by atomic mass is 127. The summed E-state index contributed by atoms with van der Waals surface area (Å²) < 4.78 is 7.30. The molecule has 4 heteroatoms. The maximum Gasteiger partial charge on any atom is 0.152 e. The van der Waals surface area contributed by atoms with E-state index in [0.717, 1.165) is 21.0 Å². The maximum absolute atomic E-state index is 6.10. The van der Waals surface area contributed by atoms with E-state index in [-0.39, 0.29) is 0 Å². The molecule has 2 aromatic carbocycles. The van der Waals surface area contributed by atoms with Gasteiger partial charge >= 0.3 is 0 Å². The molecule has 0 bridgehead atoms. The van der Waals surface area contributed by atoms with Crippen molar-refractivity contribution in [2.24, 2.45) is 0 Å². The number of hydrogen-bond acceptors (Lipinski definition) is 2. The molecule has 1 heterocycles. The van der Waals surface area contributed by atoms with E-state index in [1.54, 1.807) is 18.4 Å². The molecule has 0 aliphatic carbocycles. The summed E-state index contributed by atoms with van der Waals surface area (Å²) in [6, 6.07) is 20.5. The third kappa shape index (κ3) is 2.83. The maximum atomic E-state index is 6.10. The minimum absolute atomic E-state index is 0.608. The standard InChI is InChI=1S/C18H14ClIOS/c1-21-18(17-3-2-12-22-17,13-4-8-15(19)9-5-13)14-6-10-16(20)11-7-14/h2-12H,1H3. The zero-order valence-electron chi connectivity index (χ0n) is 11.9. The van der Waals surface area contributed by atoms with Crippen LogP contribution in [0.15, 0.2) is 66.0 Å². The Bertz CT molecular complexity index is 690. The van der Waals surface area contributed by atoms with E-state index >= 15 is 0 Å². The third-order valence-corrected chi connectivity index (χ3v) is 5.62. The van der Waals surface area contributed by atoms with Crippen LogP contribution in [0.25, 0.3) is 0 Å². The molecule has 0 saturated carbocycles. The zero-order valence-corrected chi connectivity index (χ0v) is 15.7. The van der Waals surface area contributed by atoms with E-state index in [4.69, 9.17) is 16.3 Å². The summed E-state index contributed by atoms with van der Waals surface area (Å²) in [5.41, 5.74) is 1.58. The highest BCUT2D eigenvalue weighted by molar-refractivity contribution is 14.1. The molecule has 0 amide bonds. The average Bonchev–Trinajstić information content (AvgIpc) is 3.07. The van der Waals surface area contributed by atoms with Crippen LogP contribution in [0.4, 0.5) is 0 Å². The molecular formula is C18H14ClIOS. The van der Waals surface area contributed by atoms with Gasteiger partial charge < -0.3 is 4.74 Å². The van der Waals surface area contributed by atoms with Gasteiger partial charge in [0.15, 0.2) is 5.60 Å². The van der Waals surface area contributed by atoms with Gasteiger partial charge in [0, 0.05) is 20.6 Å². The lowest BCUT2D eigenvalue weighted by atomic mass is 9.84. The molecule has 1 aromatic heterocycles. The second-order valence-electron chi connectivity index (χ2n) is 4.88. The lowest BCUT2D eigenvalue weighted by Gasteiger charge is -2.33. The van der Waals surface area contributed by atoms with Crippen LogP contribution in [0, 0.1) is 3.57 Å². The minimum Gasteiger partial charge on any atom is -0.363 e. The largest absolute Gasteiger partial charge is 0.363 e. The number of ether oxygens (including phenoxy) is 1. The van der Waals surface area contributed by atoms with E-state index in [9.17, 15) is 0 Å². The van der Waals surface area contributed by atoms with Gasteiger partial charge in [-0.25, -0.2) is 0 Å². The predicted octanol–water partition coefficient (Wildman–Crippen LogP) is 5.94. The molecule has 3 aromatic rings. The van der Waals surface area contributed by atoms with Crippen LogP contribution in [-0.4, -0.2) is 7.11 Å². The Labute approximate surface area is 153 Å². The number of rotatable bonds is 4. The van der Waals surface area contributed by atoms with Crippen LogP contribution in [0.3, 0.4) is 0 Å². The van der Waals surface area contributed by atoms with Gasteiger partial charge in [-0.05, 0) is 69.4 Å². The Hall–Kier alpha value is -0.880. The van der Waals surface area contributed by atoms with Crippen LogP contribution in [0.2, 0.25) is 5.02 Å². The van der Waals surface area contributed by atoms with Crippen molar-refractivity contribution < 1.29 is 4.74 Å². The number of hydrogen-bond donors (Lipinski definition) is 0. The highest BCUT2D eigenvalue weighted by Gasteiger charge is 2.37. The summed E-state index contributed by atoms with van der Waals surface area (Å²) in [4.78, 5) is 1.15. The highest BCUT2D eigenvalue weighted by Crippen LogP contribution is 2.42. The number of thiophene rings is 1. The first kappa shape index (κ1) is 16.0. The zero-order chi connectivity index (χ0) is 15.6. The molecule has 112 valence electrons. The molecule has 22 heavy (non-hydrogen) atoms. The molecule has 1 unspecified atom stereocenters. The normalized spacial score (nSPS) is 13.8. The average molecular weight is 441 g/mol. The van der Waals surface area contributed by atoms with Gasteiger partial charge in [-0.2, -0.15) is 0 Å². The van der Waals surface area contributed by atoms with Crippen LogP contribution in [0.1, 0.15) is 16.0 Å². The fourth-order valence-corrected chi connectivity index (χ4v) is 4.07. The third-order valence-electron chi connectivity index (χ3n) is 3.68. The molecule has 0 aliphatic heterocycles. The summed E-state index contributed by atoms with van der Waals surface area (Å²) in [5, 5.41) is 2.80. The first-order valence-corrected chi connectivity index (χ1v) is 9.11. The van der Waals surface area contributed by atoms with Crippen molar-refractivity contribution in [1.29, 1.82) is 0 Å². The number of methoxy groups -OCH3 is 1. The molecule has 1 atom stereocenters. The molecule has 1 nitrogen and oxygen atoms in total. The topological polar surface area (TPSA) is 9.23 Å². The van der Waals surface area contributed by atoms with Crippen LogP contribution in [0.5, 0.6) is 0 Å². The summed E-state index contributed by atoms with van der Waals surface area (Å²) in [5.74, 6) is 0. The Morgan fingerprint density at radius 2 is 1.55 bits per heavy atom. The monoisotopic (exact) mass is 440 g/mol. The van der Waals surface area contributed by atoms with Gasteiger partial charge in [0.05, 0.1) is 0 Å². The smallest absolute Gasteiger partial charge is 0.152 e. The van der Waals surface area contributed by atoms with Crippen molar-refractivity contribution in [2.75, 3.05) is 7.11 Å². The summed E-state index contributed by atoms with van der Waals surface area (Å²) in [6.45, 7) is 0. The van der Waals surface area contributed by atoms with Crippen molar-refractivity contribution in [1.82, 2.24) is 0 Å². The minimum atomic E-state index is -0.608. The van der Waals surface area contributed by atoms with Crippen molar-refractivity contribution >= 4 is 45.5 Å². The molecule has 3 rings (SSSR count). The van der Waals surface area contributed by atoms with Gasteiger partial charge in [0.25, 0.3) is 0 Å². The molecule has 0 radical (unpaired) electrons. The number of benzene rings is 2. The Kier molecular flexibility index (Phi) is 4.88. The molecule has 0 spiro atoms. The van der Waals surface area contributed by atoms with Gasteiger partial charge in [0.1, 0.15) is 0 Å². The molecular weight excluding hydrogens is 427 g/mol. The van der Waals surface area contributed by atoms with Crippen molar-refractivity contribution in [2.45, 2.75) is 5.60 Å². The fourth-order valence-electron chi connectivity index (χ4n) is 2.64. The van der Waals surface area contributed by atoms with Gasteiger partial charge in [0.2, 0.25) is 0 Å². The molecule has 0 fully saturated rings. The molecule has 0 saturated heterocycles. The van der Waals surface area contributed by atoms with E-state index in [1.165, 1.54) is 3.57 Å². The first-order valence-electron chi connectivity index (χ1n) is 6.78. The van der Waals surface area contributed by atoms with Crippen LogP contribution < -0.4 is 0 Å². The van der Waals surface area contributed by atoms with Crippen molar-refractivity contribution in [3.8, 4) is 0 Å². The molecule has 0 N–H and O–H groups in total. The van der Waals surface area contributed by atoms with Crippen LogP contribution in [-0.2, 0) is 10.3 Å². The van der Waals surface area contributed by atoms with Crippen LogP contribution >= 0.6 is 45.5 Å². The Morgan fingerprint density at radius 3 is 2.05 bits per heavy atom. The van der Waals surface area contributed by atoms with Gasteiger partial charge in [-0.15, -0.1) is 11.3 Å². The van der Waals surface area contributed by atoms with E-state index in [1.807, 2.05) is 24.3 Å². The summed E-state index contributed by atoms with van der Waals surface area (Å²) in [6.07, 6.45) is 0. The van der Waals surface area contributed by atoms with Gasteiger partial charge in [-0.1, -0.05) is 41.9 Å². The van der Waals surface area contributed by atoms with Gasteiger partial charge in [-0.3, -0.25) is 0 Å². The van der Waals surface area contributed by atoms with Crippen molar-refractivity contribution in [3.63, 3.8) is 0 Å².